The third-order valence-corrected chi connectivity index (χ3v) is 3.36. The van der Waals surface area contributed by atoms with Crippen molar-refractivity contribution in [3.8, 4) is 11.5 Å². The summed E-state index contributed by atoms with van der Waals surface area (Å²) in [6.07, 6.45) is 3.32. The van der Waals surface area contributed by atoms with Crippen molar-refractivity contribution >= 4 is 16.6 Å². The van der Waals surface area contributed by atoms with Gasteiger partial charge in [-0.2, -0.15) is 0 Å². The number of hydrogen-bond acceptors (Lipinski definition) is 6. The van der Waals surface area contributed by atoms with E-state index in [1.54, 1.807) is 12.5 Å². The van der Waals surface area contributed by atoms with E-state index < -0.39 is 0 Å². The maximum Gasteiger partial charge on any atom is 0.162 e. The van der Waals surface area contributed by atoms with Crippen molar-refractivity contribution in [3.05, 3.63) is 42.4 Å². The van der Waals surface area contributed by atoms with Gasteiger partial charge in [0.15, 0.2) is 11.5 Å². The Hall–Kier alpha value is -2.76. The average Bonchev–Trinajstić information content (AvgIpc) is 3.04. The number of rotatable bonds is 3. The van der Waals surface area contributed by atoms with Crippen molar-refractivity contribution < 1.29 is 14.0 Å². The lowest BCUT2D eigenvalue weighted by Gasteiger charge is -2.19. The summed E-state index contributed by atoms with van der Waals surface area (Å²) < 4.78 is 16.0. The van der Waals surface area contributed by atoms with Crippen molar-refractivity contribution in [2.24, 2.45) is 0 Å². The minimum absolute atomic E-state index is 0.553. The van der Waals surface area contributed by atoms with Gasteiger partial charge in [-0.25, -0.2) is 4.98 Å². The van der Waals surface area contributed by atoms with Crippen molar-refractivity contribution in [1.82, 2.24) is 10.1 Å². The fourth-order valence-corrected chi connectivity index (χ4v) is 2.35. The SMILES string of the molecule is c1cc2cc3c(cc2c(NCc2ccon2)n1)OCCO3. The Bertz CT molecular complexity index is 771. The monoisotopic (exact) mass is 283 g/mol. The molecule has 21 heavy (non-hydrogen) atoms. The summed E-state index contributed by atoms with van der Waals surface area (Å²) in [5.41, 5.74) is 0.825. The van der Waals surface area contributed by atoms with Crippen LogP contribution in [0.15, 0.2) is 41.2 Å². The molecule has 3 heterocycles. The van der Waals surface area contributed by atoms with E-state index in [4.69, 9.17) is 14.0 Å². The van der Waals surface area contributed by atoms with Gasteiger partial charge < -0.3 is 19.3 Å². The third-order valence-electron chi connectivity index (χ3n) is 3.36. The number of pyridine rings is 1. The molecule has 0 spiro atoms. The molecule has 0 radical (unpaired) electrons. The van der Waals surface area contributed by atoms with Crippen LogP contribution in [0.4, 0.5) is 5.82 Å². The predicted molar refractivity (Wildman–Crippen MR) is 76.6 cm³/mol. The van der Waals surface area contributed by atoms with E-state index >= 15 is 0 Å². The van der Waals surface area contributed by atoms with E-state index in [1.165, 1.54) is 0 Å². The Morgan fingerprint density at radius 3 is 2.76 bits per heavy atom. The maximum atomic E-state index is 5.63. The van der Waals surface area contributed by atoms with Crippen molar-refractivity contribution in [1.29, 1.82) is 0 Å². The normalized spacial score (nSPS) is 13.3. The fourth-order valence-electron chi connectivity index (χ4n) is 2.35. The van der Waals surface area contributed by atoms with E-state index in [1.807, 2.05) is 24.3 Å². The van der Waals surface area contributed by atoms with Gasteiger partial charge in [0.25, 0.3) is 0 Å². The second-order valence-electron chi connectivity index (χ2n) is 4.72. The van der Waals surface area contributed by atoms with Gasteiger partial charge in [-0.3, -0.25) is 0 Å². The van der Waals surface area contributed by atoms with Crippen LogP contribution >= 0.6 is 0 Å². The molecule has 0 unspecified atom stereocenters. The second-order valence-corrected chi connectivity index (χ2v) is 4.72. The minimum Gasteiger partial charge on any atom is -0.486 e. The summed E-state index contributed by atoms with van der Waals surface area (Å²) in [4.78, 5) is 4.39. The molecule has 0 atom stereocenters. The zero-order valence-corrected chi connectivity index (χ0v) is 11.2. The summed E-state index contributed by atoms with van der Waals surface area (Å²) >= 11 is 0. The van der Waals surface area contributed by atoms with Gasteiger partial charge in [0.05, 0.1) is 6.54 Å². The van der Waals surface area contributed by atoms with Gasteiger partial charge in [-0.05, 0) is 23.6 Å². The summed E-state index contributed by atoms with van der Waals surface area (Å²) in [5, 5.41) is 9.18. The van der Waals surface area contributed by atoms with E-state index in [0.29, 0.717) is 19.8 Å². The van der Waals surface area contributed by atoms with Crippen LogP contribution in [-0.4, -0.2) is 23.4 Å². The number of ether oxygens (including phenoxy) is 2. The van der Waals surface area contributed by atoms with Crippen LogP contribution in [0, 0.1) is 0 Å². The molecule has 0 amide bonds. The molecule has 3 aromatic rings. The molecule has 0 fully saturated rings. The smallest absolute Gasteiger partial charge is 0.162 e. The lowest BCUT2D eigenvalue weighted by atomic mass is 10.1. The second kappa shape index (κ2) is 4.97. The molecule has 6 nitrogen and oxygen atoms in total. The van der Waals surface area contributed by atoms with E-state index in [-0.39, 0.29) is 0 Å². The number of aromatic nitrogens is 2. The molecule has 0 bridgehead atoms. The first-order valence-electron chi connectivity index (χ1n) is 6.72. The quantitative estimate of drug-likeness (QED) is 0.796. The maximum absolute atomic E-state index is 5.63. The van der Waals surface area contributed by atoms with Gasteiger partial charge in [0.2, 0.25) is 0 Å². The first-order chi connectivity index (χ1) is 10.4. The first-order valence-corrected chi connectivity index (χ1v) is 6.72. The number of fused-ring (bicyclic) bond motifs is 2. The Morgan fingerprint density at radius 2 is 1.95 bits per heavy atom. The first kappa shape index (κ1) is 12.0. The number of hydrogen-bond donors (Lipinski definition) is 1. The highest BCUT2D eigenvalue weighted by molar-refractivity contribution is 5.94. The summed E-state index contributed by atoms with van der Waals surface area (Å²) in [6, 6.07) is 7.71. The number of nitrogens with one attached hydrogen (secondary N) is 1. The molecule has 1 aliphatic rings. The molecule has 2 aromatic heterocycles. The van der Waals surface area contributed by atoms with Crippen LogP contribution in [0.2, 0.25) is 0 Å². The molecule has 0 saturated heterocycles. The largest absolute Gasteiger partial charge is 0.486 e. The van der Waals surface area contributed by atoms with Gasteiger partial charge in [-0.1, -0.05) is 5.16 Å². The lowest BCUT2D eigenvalue weighted by molar-refractivity contribution is 0.172. The standard InChI is InChI=1S/C15H13N3O3/c1-3-16-15(17-9-11-2-4-21-18-11)12-8-14-13(7-10(1)12)19-5-6-20-14/h1-4,7-8H,5-6,9H2,(H,16,17). The zero-order valence-electron chi connectivity index (χ0n) is 11.2. The molecule has 0 aliphatic carbocycles. The number of anilines is 1. The van der Waals surface area contributed by atoms with Crippen LogP contribution in [0.5, 0.6) is 11.5 Å². The van der Waals surface area contributed by atoms with Crippen LogP contribution in [0.25, 0.3) is 10.8 Å². The highest BCUT2D eigenvalue weighted by Gasteiger charge is 2.14. The Balaban J connectivity index is 1.71. The summed E-state index contributed by atoms with van der Waals surface area (Å²) in [6.45, 7) is 1.71. The van der Waals surface area contributed by atoms with Crippen molar-refractivity contribution in [2.45, 2.75) is 6.54 Å². The summed E-state index contributed by atoms with van der Waals surface area (Å²) in [7, 11) is 0. The van der Waals surface area contributed by atoms with E-state index in [2.05, 4.69) is 15.5 Å². The predicted octanol–water partition coefficient (Wildman–Crippen LogP) is 2.61. The minimum atomic E-state index is 0.553. The fraction of sp³-hybridized carbons (Fsp3) is 0.200. The van der Waals surface area contributed by atoms with Gasteiger partial charge in [-0.15, -0.1) is 0 Å². The van der Waals surface area contributed by atoms with E-state index in [0.717, 1.165) is 33.8 Å². The van der Waals surface area contributed by atoms with E-state index in [9.17, 15) is 0 Å². The molecular weight excluding hydrogens is 270 g/mol. The van der Waals surface area contributed by atoms with Crippen LogP contribution in [0.3, 0.4) is 0 Å². The van der Waals surface area contributed by atoms with Crippen molar-refractivity contribution in [3.63, 3.8) is 0 Å². The number of benzene rings is 1. The highest BCUT2D eigenvalue weighted by atomic mass is 16.6. The van der Waals surface area contributed by atoms with Gasteiger partial charge in [0, 0.05) is 17.6 Å². The lowest BCUT2D eigenvalue weighted by Crippen LogP contribution is -2.15. The number of nitrogens with zero attached hydrogens (tertiary/aromatic N) is 2. The third kappa shape index (κ3) is 2.24. The zero-order chi connectivity index (χ0) is 14.1. The highest BCUT2D eigenvalue weighted by Crippen LogP contribution is 2.36. The van der Waals surface area contributed by atoms with Crippen molar-refractivity contribution in [2.75, 3.05) is 18.5 Å². The average molecular weight is 283 g/mol. The molecule has 4 rings (SSSR count). The molecule has 106 valence electrons. The summed E-state index contributed by atoms with van der Waals surface area (Å²) in [5.74, 6) is 2.32. The molecule has 1 N–H and O–H groups in total. The molecule has 6 heteroatoms. The van der Waals surface area contributed by atoms with Crippen LogP contribution in [-0.2, 0) is 6.54 Å². The molecule has 0 saturated carbocycles. The van der Waals surface area contributed by atoms with Crippen LogP contribution < -0.4 is 14.8 Å². The molecule has 1 aliphatic heterocycles. The van der Waals surface area contributed by atoms with Crippen LogP contribution in [0.1, 0.15) is 5.69 Å². The van der Waals surface area contributed by atoms with Gasteiger partial charge in [0.1, 0.15) is 31.0 Å². The topological polar surface area (TPSA) is 69.4 Å². The Labute approximate surface area is 120 Å². The Kier molecular flexibility index (Phi) is 2.85. The molecular formula is C15H13N3O3. The van der Waals surface area contributed by atoms with Gasteiger partial charge >= 0.3 is 0 Å². The molecule has 1 aromatic carbocycles. The Morgan fingerprint density at radius 1 is 1.10 bits per heavy atom.